The Morgan fingerprint density at radius 3 is 2.86 bits per heavy atom. The molecule has 1 unspecified atom stereocenters. The van der Waals surface area contributed by atoms with E-state index in [1.165, 1.54) is 22.7 Å². The van der Waals surface area contributed by atoms with Gasteiger partial charge in [0.1, 0.15) is 11.6 Å². The molecule has 0 aliphatic carbocycles. The van der Waals surface area contributed by atoms with Crippen LogP contribution in [0.3, 0.4) is 0 Å². The summed E-state index contributed by atoms with van der Waals surface area (Å²) in [6.07, 6.45) is 0. The minimum atomic E-state index is 0.341. The summed E-state index contributed by atoms with van der Waals surface area (Å²) < 4.78 is 10.7. The van der Waals surface area contributed by atoms with Crippen LogP contribution in [0.4, 0.5) is 0 Å². The second-order valence-electron chi connectivity index (χ2n) is 4.75. The zero-order chi connectivity index (χ0) is 15.2. The average molecular weight is 323 g/mol. The lowest BCUT2D eigenvalue weighted by Crippen LogP contribution is -2.17. The molecule has 0 saturated heterocycles. The summed E-state index contributed by atoms with van der Waals surface area (Å²) in [5, 5.41) is 3.44. The maximum absolute atomic E-state index is 5.47. The molecule has 0 spiro atoms. The van der Waals surface area contributed by atoms with Gasteiger partial charge in [0.25, 0.3) is 0 Å². The summed E-state index contributed by atoms with van der Waals surface area (Å²) in [4.78, 5) is 4.39. The van der Waals surface area contributed by atoms with Crippen LogP contribution in [-0.2, 0) is 5.75 Å². The van der Waals surface area contributed by atoms with E-state index in [4.69, 9.17) is 4.74 Å². The van der Waals surface area contributed by atoms with Crippen molar-refractivity contribution in [3.8, 4) is 5.75 Å². The second kappa shape index (κ2) is 7.77. The van der Waals surface area contributed by atoms with Gasteiger partial charge < -0.3 is 10.1 Å². The minimum Gasteiger partial charge on any atom is -0.496 e. The number of methoxy groups -OCH3 is 1. The van der Waals surface area contributed by atoms with E-state index in [0.29, 0.717) is 6.04 Å². The molecular formula is C15H21N3OS2. The van der Waals surface area contributed by atoms with Crippen molar-refractivity contribution in [1.29, 1.82) is 0 Å². The lowest BCUT2D eigenvalue weighted by molar-refractivity contribution is 0.411. The lowest BCUT2D eigenvalue weighted by Gasteiger charge is -2.16. The second-order valence-corrected chi connectivity index (χ2v) is 6.72. The highest BCUT2D eigenvalue weighted by Gasteiger charge is 2.10. The molecular weight excluding hydrogens is 302 g/mol. The van der Waals surface area contributed by atoms with E-state index in [-0.39, 0.29) is 0 Å². The van der Waals surface area contributed by atoms with Crippen LogP contribution in [0.5, 0.6) is 5.75 Å². The quantitative estimate of drug-likeness (QED) is 0.785. The number of ether oxygens (including phenoxy) is 1. The number of hydrogen-bond acceptors (Lipinski definition) is 6. The van der Waals surface area contributed by atoms with Crippen LogP contribution in [0.1, 0.15) is 36.8 Å². The summed E-state index contributed by atoms with van der Waals surface area (Å²) in [6.45, 7) is 7.17. The van der Waals surface area contributed by atoms with Crippen molar-refractivity contribution < 1.29 is 4.74 Å². The van der Waals surface area contributed by atoms with Crippen molar-refractivity contribution in [3.05, 3.63) is 35.2 Å². The highest BCUT2D eigenvalue weighted by Crippen LogP contribution is 2.30. The van der Waals surface area contributed by atoms with Crippen molar-refractivity contribution in [1.82, 2.24) is 14.7 Å². The number of aryl methyl sites for hydroxylation is 1. The molecule has 4 nitrogen and oxygen atoms in total. The topological polar surface area (TPSA) is 47.0 Å². The third kappa shape index (κ3) is 4.43. The van der Waals surface area contributed by atoms with Gasteiger partial charge in [-0.1, -0.05) is 24.8 Å². The molecule has 1 heterocycles. The van der Waals surface area contributed by atoms with E-state index in [2.05, 4.69) is 40.7 Å². The first-order valence-corrected chi connectivity index (χ1v) is 8.73. The summed E-state index contributed by atoms with van der Waals surface area (Å²) in [7, 11) is 1.71. The number of nitrogens with one attached hydrogen (secondary N) is 1. The number of thioether (sulfide) groups is 1. The van der Waals surface area contributed by atoms with E-state index in [9.17, 15) is 0 Å². The first kappa shape index (κ1) is 16.3. The molecule has 2 aromatic rings. The Hall–Kier alpha value is -1.11. The van der Waals surface area contributed by atoms with Gasteiger partial charge in [0.05, 0.1) is 7.11 Å². The molecule has 1 aromatic carbocycles. The molecule has 0 amide bonds. The van der Waals surface area contributed by atoms with Crippen LogP contribution >= 0.6 is 23.3 Å². The molecule has 2 rings (SSSR count). The Balaban J connectivity index is 2.13. The van der Waals surface area contributed by atoms with Crippen molar-refractivity contribution in [2.24, 2.45) is 0 Å². The van der Waals surface area contributed by atoms with E-state index >= 15 is 0 Å². The third-order valence-electron chi connectivity index (χ3n) is 3.17. The molecule has 0 radical (unpaired) electrons. The summed E-state index contributed by atoms with van der Waals surface area (Å²) in [5.41, 5.74) is 2.47. The fourth-order valence-corrected chi connectivity index (χ4v) is 3.71. The molecule has 21 heavy (non-hydrogen) atoms. The Morgan fingerprint density at radius 2 is 2.24 bits per heavy atom. The van der Waals surface area contributed by atoms with E-state index in [0.717, 1.165) is 28.2 Å². The van der Waals surface area contributed by atoms with Gasteiger partial charge >= 0.3 is 0 Å². The molecule has 0 saturated carbocycles. The predicted octanol–water partition coefficient (Wildman–Crippen LogP) is 3.82. The Bertz CT molecular complexity index is 586. The molecule has 6 heteroatoms. The fraction of sp³-hybridized carbons (Fsp3) is 0.467. The standard InChI is InChI=1S/C15H21N3OS2/c1-5-16-10(2)12-6-7-14(19-4)13(8-12)9-20-15-17-11(3)18-21-15/h6-8,10,16H,5,9H2,1-4H3. The van der Waals surface area contributed by atoms with E-state index < -0.39 is 0 Å². The van der Waals surface area contributed by atoms with Gasteiger partial charge in [0.2, 0.25) is 0 Å². The highest BCUT2D eigenvalue weighted by atomic mass is 32.2. The summed E-state index contributed by atoms with van der Waals surface area (Å²) >= 11 is 3.15. The SMILES string of the molecule is CCNC(C)c1ccc(OC)c(CSc2nc(C)ns2)c1. The zero-order valence-corrected chi connectivity index (χ0v) is 14.5. The largest absolute Gasteiger partial charge is 0.496 e. The molecule has 0 fully saturated rings. The third-order valence-corrected chi connectivity index (χ3v) is 5.15. The number of hydrogen-bond donors (Lipinski definition) is 1. The van der Waals surface area contributed by atoms with Crippen molar-refractivity contribution >= 4 is 23.3 Å². The van der Waals surface area contributed by atoms with Gasteiger partial charge in [-0.3, -0.25) is 0 Å². The number of benzene rings is 1. The van der Waals surface area contributed by atoms with Crippen molar-refractivity contribution in [2.75, 3.05) is 13.7 Å². The number of aromatic nitrogens is 2. The smallest absolute Gasteiger partial charge is 0.170 e. The first-order valence-electron chi connectivity index (χ1n) is 6.97. The first-order chi connectivity index (χ1) is 10.1. The maximum Gasteiger partial charge on any atom is 0.170 e. The van der Waals surface area contributed by atoms with Crippen LogP contribution in [0.25, 0.3) is 0 Å². The Labute approximate surface area is 134 Å². The van der Waals surface area contributed by atoms with Gasteiger partial charge in [-0.05, 0) is 49.6 Å². The molecule has 0 aliphatic heterocycles. The van der Waals surface area contributed by atoms with Gasteiger partial charge in [-0.2, -0.15) is 4.37 Å². The van der Waals surface area contributed by atoms with Crippen LogP contribution < -0.4 is 10.1 Å². The molecule has 114 valence electrons. The fourth-order valence-electron chi connectivity index (χ4n) is 2.08. The molecule has 1 aromatic heterocycles. The lowest BCUT2D eigenvalue weighted by atomic mass is 10.0. The van der Waals surface area contributed by atoms with Gasteiger partial charge in [0.15, 0.2) is 4.34 Å². The average Bonchev–Trinajstić information content (AvgIpc) is 2.90. The number of nitrogens with zero attached hydrogens (tertiary/aromatic N) is 2. The summed E-state index contributed by atoms with van der Waals surface area (Å²) in [6, 6.07) is 6.72. The maximum atomic E-state index is 5.47. The van der Waals surface area contributed by atoms with E-state index in [1.54, 1.807) is 18.9 Å². The van der Waals surface area contributed by atoms with Crippen molar-refractivity contribution in [2.45, 2.75) is 36.9 Å². The highest BCUT2D eigenvalue weighted by molar-refractivity contribution is 8.00. The normalized spacial score (nSPS) is 12.4. The molecule has 0 bridgehead atoms. The number of rotatable bonds is 7. The molecule has 1 N–H and O–H groups in total. The van der Waals surface area contributed by atoms with Crippen LogP contribution in [0, 0.1) is 6.92 Å². The Morgan fingerprint density at radius 1 is 1.43 bits per heavy atom. The Kier molecular flexibility index (Phi) is 6.02. The van der Waals surface area contributed by atoms with E-state index in [1.807, 2.05) is 13.0 Å². The summed E-state index contributed by atoms with van der Waals surface area (Å²) in [5.74, 6) is 2.60. The molecule has 0 aliphatic rings. The van der Waals surface area contributed by atoms with Crippen LogP contribution in [0.15, 0.2) is 22.5 Å². The molecule has 1 atom stereocenters. The zero-order valence-electron chi connectivity index (χ0n) is 12.8. The van der Waals surface area contributed by atoms with Gasteiger partial charge in [0, 0.05) is 17.4 Å². The predicted molar refractivity (Wildman–Crippen MR) is 89.3 cm³/mol. The minimum absolute atomic E-state index is 0.341. The van der Waals surface area contributed by atoms with Gasteiger partial charge in [-0.25, -0.2) is 4.98 Å². The van der Waals surface area contributed by atoms with Crippen LogP contribution in [0.2, 0.25) is 0 Å². The van der Waals surface area contributed by atoms with Gasteiger partial charge in [-0.15, -0.1) is 0 Å². The van der Waals surface area contributed by atoms with Crippen LogP contribution in [-0.4, -0.2) is 23.0 Å². The monoisotopic (exact) mass is 323 g/mol. The van der Waals surface area contributed by atoms with Crippen molar-refractivity contribution in [3.63, 3.8) is 0 Å².